The smallest absolute Gasteiger partial charge is 0.375 e. The molecule has 0 spiro atoms. The monoisotopic (exact) mass is 141 g/mol. The lowest BCUT2D eigenvalue weighted by atomic mass is 10.4. The van der Waals surface area contributed by atoms with Crippen LogP contribution in [0.5, 0.6) is 0 Å². The van der Waals surface area contributed by atoms with E-state index in [0.717, 1.165) is 0 Å². The van der Waals surface area contributed by atoms with Crippen molar-refractivity contribution < 1.29 is 17.9 Å². The quantitative estimate of drug-likeness (QED) is 0.547. The summed E-state index contributed by atoms with van der Waals surface area (Å²) in [7, 11) is 0. The van der Waals surface area contributed by atoms with E-state index in [1.165, 1.54) is 13.5 Å². The van der Waals surface area contributed by atoms with E-state index in [2.05, 4.69) is 4.74 Å². The molecule has 0 atom stereocenters. The van der Waals surface area contributed by atoms with Crippen LogP contribution in [0.4, 0.5) is 13.2 Å². The fraction of sp³-hybridized carbons (Fsp3) is 0.800. The molecule has 0 heterocycles. The van der Waals surface area contributed by atoms with E-state index in [4.69, 9.17) is 0 Å². The minimum atomic E-state index is -4.09. The van der Waals surface area contributed by atoms with E-state index in [0.29, 0.717) is 0 Å². The third-order valence-corrected chi connectivity index (χ3v) is 0.670. The molecule has 0 aromatic carbocycles. The summed E-state index contributed by atoms with van der Waals surface area (Å²) >= 11 is 0. The average Bonchev–Trinajstić information content (AvgIpc) is 1.63. The molecule has 0 unspecified atom stereocenters. The largest absolute Gasteiger partial charge is 0.391 e. The molecule has 0 N–H and O–H groups in total. The summed E-state index contributed by atoms with van der Waals surface area (Å²) in [6, 6.07) is 0. The van der Waals surface area contributed by atoms with Crippen LogP contribution < -0.4 is 0 Å². The molecule has 0 bridgehead atoms. The van der Waals surface area contributed by atoms with Crippen molar-refractivity contribution in [3.63, 3.8) is 0 Å². The lowest BCUT2D eigenvalue weighted by Gasteiger charge is -2.04. The predicted molar refractivity (Wildman–Crippen MR) is 26.6 cm³/mol. The molecule has 1 radical (unpaired) electrons. The highest BCUT2D eigenvalue weighted by molar-refractivity contribution is 4.48. The van der Waals surface area contributed by atoms with Gasteiger partial charge in [0.2, 0.25) is 0 Å². The molecule has 0 saturated heterocycles. The van der Waals surface area contributed by atoms with Gasteiger partial charge < -0.3 is 4.74 Å². The predicted octanol–water partition coefficient (Wildman–Crippen LogP) is 2.14. The Balaban J connectivity index is 3.07. The molecule has 0 aliphatic heterocycles. The minimum Gasteiger partial charge on any atom is -0.375 e. The van der Waals surface area contributed by atoms with Gasteiger partial charge in [-0.05, 0) is 6.92 Å². The summed E-state index contributed by atoms with van der Waals surface area (Å²) in [4.78, 5) is 0. The molecular formula is C5H8F3O. The normalized spacial score (nSPS) is 12.0. The van der Waals surface area contributed by atoms with Crippen LogP contribution in [0.2, 0.25) is 0 Å². The molecular weight excluding hydrogens is 133 g/mol. The highest BCUT2D eigenvalue weighted by Gasteiger charge is 2.26. The maximum Gasteiger partial charge on any atom is 0.391 e. The van der Waals surface area contributed by atoms with E-state index in [9.17, 15) is 13.2 Å². The van der Waals surface area contributed by atoms with Gasteiger partial charge in [0.15, 0.2) is 0 Å². The molecule has 0 fully saturated rings. The minimum absolute atomic E-state index is 0.278. The summed E-state index contributed by atoms with van der Waals surface area (Å²) in [5.74, 6) is 0. The highest BCUT2D eigenvalue weighted by atomic mass is 19.4. The number of ether oxygens (including phenoxy) is 1. The van der Waals surface area contributed by atoms with Crippen molar-refractivity contribution in [3.8, 4) is 0 Å². The third-order valence-electron chi connectivity index (χ3n) is 0.670. The topological polar surface area (TPSA) is 9.23 Å². The van der Waals surface area contributed by atoms with Gasteiger partial charge in [-0.25, -0.2) is 0 Å². The molecule has 0 saturated carbocycles. The number of halogens is 3. The number of hydrogen-bond donors (Lipinski definition) is 0. The van der Waals surface area contributed by atoms with Crippen LogP contribution in [-0.2, 0) is 4.74 Å². The third kappa shape index (κ3) is 7.75. The van der Waals surface area contributed by atoms with Crippen molar-refractivity contribution in [1.29, 1.82) is 0 Å². The lowest BCUT2D eigenvalue weighted by molar-refractivity contribution is -0.142. The number of hydrogen-bond acceptors (Lipinski definition) is 1. The van der Waals surface area contributed by atoms with Gasteiger partial charge in [0.1, 0.15) is 0 Å². The molecule has 0 aliphatic rings. The summed E-state index contributed by atoms with van der Waals surface area (Å²) in [6.07, 6.45) is -4.97. The van der Waals surface area contributed by atoms with Crippen molar-refractivity contribution in [1.82, 2.24) is 0 Å². The molecule has 0 amide bonds. The fourth-order valence-corrected chi connectivity index (χ4v) is 0.293. The maximum absolute atomic E-state index is 11.3. The fourth-order valence-electron chi connectivity index (χ4n) is 0.293. The van der Waals surface area contributed by atoms with Gasteiger partial charge in [-0.15, -0.1) is 0 Å². The van der Waals surface area contributed by atoms with E-state index < -0.39 is 12.6 Å². The molecule has 0 aliphatic carbocycles. The van der Waals surface area contributed by atoms with E-state index in [1.54, 1.807) is 0 Å². The second-order valence-corrected chi connectivity index (χ2v) is 1.47. The molecule has 0 aromatic rings. The van der Waals surface area contributed by atoms with Crippen LogP contribution in [0.3, 0.4) is 0 Å². The van der Waals surface area contributed by atoms with Crippen LogP contribution >= 0.6 is 0 Å². The zero-order valence-electron chi connectivity index (χ0n) is 5.03. The molecule has 4 heteroatoms. The SMILES string of the molecule is C[CH]OCCC(F)(F)F. The maximum atomic E-state index is 11.3. The summed E-state index contributed by atoms with van der Waals surface area (Å²) in [5.41, 5.74) is 0. The zero-order valence-corrected chi connectivity index (χ0v) is 5.03. The highest BCUT2D eigenvalue weighted by Crippen LogP contribution is 2.18. The molecule has 0 aromatic heterocycles. The Hall–Kier alpha value is -0.250. The van der Waals surface area contributed by atoms with Gasteiger partial charge in [-0.3, -0.25) is 0 Å². The van der Waals surface area contributed by atoms with Gasteiger partial charge in [-0.1, -0.05) is 0 Å². The summed E-state index contributed by atoms with van der Waals surface area (Å²) in [5, 5.41) is 0. The zero-order chi connectivity index (χ0) is 7.33. The van der Waals surface area contributed by atoms with E-state index in [-0.39, 0.29) is 6.61 Å². The Kier molecular flexibility index (Phi) is 3.61. The van der Waals surface area contributed by atoms with Crippen molar-refractivity contribution in [2.24, 2.45) is 0 Å². The van der Waals surface area contributed by atoms with Crippen molar-refractivity contribution >= 4 is 0 Å². The van der Waals surface area contributed by atoms with Crippen LogP contribution in [0.15, 0.2) is 0 Å². The average molecular weight is 141 g/mol. The second-order valence-electron chi connectivity index (χ2n) is 1.47. The molecule has 55 valence electrons. The molecule has 9 heavy (non-hydrogen) atoms. The van der Waals surface area contributed by atoms with Crippen molar-refractivity contribution in [3.05, 3.63) is 6.61 Å². The first kappa shape index (κ1) is 8.75. The molecule has 1 nitrogen and oxygen atoms in total. The Morgan fingerprint density at radius 3 is 2.33 bits per heavy atom. The standard InChI is InChI=1S/C5H8F3O/c1-2-9-4-3-5(6,7)8/h2H,3-4H2,1H3. The first-order valence-electron chi connectivity index (χ1n) is 2.52. The van der Waals surface area contributed by atoms with Gasteiger partial charge in [-0.2, -0.15) is 13.2 Å². The van der Waals surface area contributed by atoms with Gasteiger partial charge in [0.25, 0.3) is 0 Å². The van der Waals surface area contributed by atoms with Crippen LogP contribution in [0.1, 0.15) is 13.3 Å². The first-order chi connectivity index (χ1) is 4.06. The first-order valence-corrected chi connectivity index (χ1v) is 2.52. The van der Waals surface area contributed by atoms with E-state index in [1.807, 2.05) is 0 Å². The van der Waals surface area contributed by atoms with Gasteiger partial charge in [0.05, 0.1) is 19.6 Å². The Morgan fingerprint density at radius 2 is 2.00 bits per heavy atom. The Bertz CT molecular complexity index is 69.1. The molecule has 0 rings (SSSR count). The van der Waals surface area contributed by atoms with Crippen molar-refractivity contribution in [2.75, 3.05) is 6.61 Å². The Labute approximate surface area is 51.8 Å². The Morgan fingerprint density at radius 1 is 1.44 bits per heavy atom. The summed E-state index contributed by atoms with van der Waals surface area (Å²) < 4.78 is 38.2. The van der Waals surface area contributed by atoms with Crippen LogP contribution in [-0.4, -0.2) is 12.8 Å². The van der Waals surface area contributed by atoms with Gasteiger partial charge >= 0.3 is 6.18 Å². The van der Waals surface area contributed by atoms with Crippen molar-refractivity contribution in [2.45, 2.75) is 19.5 Å². The van der Waals surface area contributed by atoms with Gasteiger partial charge in [0, 0.05) is 0 Å². The summed E-state index contributed by atoms with van der Waals surface area (Å²) in [6.45, 7) is 2.50. The van der Waals surface area contributed by atoms with Crippen LogP contribution in [0.25, 0.3) is 0 Å². The second kappa shape index (κ2) is 3.71. The lowest BCUT2D eigenvalue weighted by Crippen LogP contribution is -2.10. The number of rotatable bonds is 3. The number of alkyl halides is 3. The van der Waals surface area contributed by atoms with E-state index >= 15 is 0 Å². The van der Waals surface area contributed by atoms with Crippen LogP contribution in [0, 0.1) is 6.61 Å².